The minimum Gasteiger partial charge on any atom is -0.477 e. The van der Waals surface area contributed by atoms with Gasteiger partial charge in [-0.05, 0) is 89.9 Å². The van der Waals surface area contributed by atoms with Gasteiger partial charge < -0.3 is 23.8 Å². The zero-order valence-corrected chi connectivity index (χ0v) is 38.2. The number of carboxylic acids is 1. The zero-order chi connectivity index (χ0) is 43.5. The van der Waals surface area contributed by atoms with E-state index in [4.69, 9.17) is 14.2 Å². The second kappa shape index (κ2) is 41.3. The number of carboxylic acid groups (broad SMARTS) is 1. The molecule has 59 heavy (non-hydrogen) atoms. The molecule has 8 heteroatoms. The number of unbranched alkanes of at least 4 members (excludes halogenated alkanes) is 12. The number of hydrogen-bond acceptors (Lipinski definition) is 6. The smallest absolute Gasteiger partial charge is 0.362 e. The second-order valence-corrected chi connectivity index (χ2v) is 16.3. The molecule has 0 radical (unpaired) electrons. The highest BCUT2D eigenvalue weighted by Crippen LogP contribution is 2.13. The summed E-state index contributed by atoms with van der Waals surface area (Å²) >= 11 is 0. The molecule has 0 spiro atoms. The first-order valence-electron chi connectivity index (χ1n) is 23.1. The van der Waals surface area contributed by atoms with E-state index in [-0.39, 0.29) is 36.2 Å². The van der Waals surface area contributed by atoms with Crippen molar-refractivity contribution < 1.29 is 38.2 Å². The Morgan fingerprint density at radius 1 is 0.525 bits per heavy atom. The Balaban J connectivity index is 4.40. The van der Waals surface area contributed by atoms with E-state index in [1.807, 2.05) is 21.1 Å². The number of carbonyl (C=O) groups excluding carboxylic acids is 2. The fourth-order valence-electron chi connectivity index (χ4n) is 6.21. The summed E-state index contributed by atoms with van der Waals surface area (Å²) in [7, 11) is 5.50. The lowest BCUT2D eigenvalue weighted by molar-refractivity contribution is -0.887. The van der Waals surface area contributed by atoms with Crippen molar-refractivity contribution in [1.82, 2.24) is 0 Å². The number of aliphatic carboxylic acids is 1. The Hall–Kier alpha value is -3.49. The van der Waals surface area contributed by atoms with E-state index in [0.29, 0.717) is 19.3 Å². The molecule has 0 bridgehead atoms. The van der Waals surface area contributed by atoms with Crippen LogP contribution in [0.5, 0.6) is 0 Å². The molecule has 0 aromatic heterocycles. The molecule has 0 amide bonds. The quantitative estimate of drug-likeness (QED) is 0.0284. The lowest BCUT2D eigenvalue weighted by Crippen LogP contribution is -2.50. The lowest BCUT2D eigenvalue weighted by atomic mass is 10.1. The highest BCUT2D eigenvalue weighted by molar-refractivity contribution is 5.72. The molecule has 0 aromatic carbocycles. The van der Waals surface area contributed by atoms with Gasteiger partial charge in [0.05, 0.1) is 34.4 Å². The van der Waals surface area contributed by atoms with Gasteiger partial charge in [-0.15, -0.1) is 0 Å². The Kier molecular flexibility index (Phi) is 38.8. The van der Waals surface area contributed by atoms with Crippen LogP contribution < -0.4 is 0 Å². The van der Waals surface area contributed by atoms with Crippen LogP contribution in [0.1, 0.15) is 168 Å². The SMILES string of the molecule is CC/C=C/C/C=C/C/C=C/CCCCCCC(=O)OCC(COCCC(C(=O)O)[N+](C)(C)C)OC(=O)CCCCCCC/C=C/C/C=C/C/C=C/C/C=C/CCCCC. The van der Waals surface area contributed by atoms with Gasteiger partial charge in [0.15, 0.2) is 12.1 Å². The fourth-order valence-corrected chi connectivity index (χ4v) is 6.21. The van der Waals surface area contributed by atoms with Crippen molar-refractivity contribution in [3.05, 3.63) is 85.1 Å². The normalized spacial score (nSPS) is 13.7. The molecule has 0 rings (SSSR count). The molecule has 0 aromatic rings. The molecule has 1 N–H and O–H groups in total. The first-order chi connectivity index (χ1) is 28.6. The van der Waals surface area contributed by atoms with E-state index in [1.165, 1.54) is 25.7 Å². The number of likely N-dealkylation sites (N-methyl/N-ethyl adjacent to an activating group) is 1. The monoisotopic (exact) mass is 825 g/mol. The summed E-state index contributed by atoms with van der Waals surface area (Å²) in [5, 5.41) is 9.63. The summed E-state index contributed by atoms with van der Waals surface area (Å²) in [5.41, 5.74) is 0. The Morgan fingerprint density at radius 3 is 1.41 bits per heavy atom. The van der Waals surface area contributed by atoms with E-state index in [1.54, 1.807) is 0 Å². The van der Waals surface area contributed by atoms with Crippen molar-refractivity contribution in [2.24, 2.45) is 0 Å². The van der Waals surface area contributed by atoms with Gasteiger partial charge >= 0.3 is 17.9 Å². The molecular formula is C51H86NO7+. The van der Waals surface area contributed by atoms with Gasteiger partial charge in [-0.1, -0.05) is 144 Å². The molecule has 0 heterocycles. The maximum absolute atomic E-state index is 12.7. The van der Waals surface area contributed by atoms with Crippen molar-refractivity contribution in [2.75, 3.05) is 41.0 Å². The molecule has 0 saturated heterocycles. The Morgan fingerprint density at radius 2 is 0.949 bits per heavy atom. The number of rotatable bonds is 40. The second-order valence-electron chi connectivity index (χ2n) is 16.3. The fraction of sp³-hybridized carbons (Fsp3) is 0.667. The predicted molar refractivity (Wildman–Crippen MR) is 247 cm³/mol. The first kappa shape index (κ1) is 55.5. The van der Waals surface area contributed by atoms with Crippen LogP contribution in [0.15, 0.2) is 85.1 Å². The predicted octanol–water partition coefficient (Wildman–Crippen LogP) is 12.9. The molecule has 0 aliphatic carbocycles. The maximum Gasteiger partial charge on any atom is 0.362 e. The third kappa shape index (κ3) is 39.7. The van der Waals surface area contributed by atoms with Gasteiger partial charge in [0.2, 0.25) is 0 Å². The Bertz CT molecular complexity index is 1240. The maximum atomic E-state index is 12.7. The third-order valence-corrected chi connectivity index (χ3v) is 9.78. The number of quaternary nitrogens is 1. The molecule has 0 fully saturated rings. The minimum absolute atomic E-state index is 0.0409. The third-order valence-electron chi connectivity index (χ3n) is 9.78. The largest absolute Gasteiger partial charge is 0.477 e. The summed E-state index contributed by atoms with van der Waals surface area (Å²) < 4.78 is 17.3. The summed E-state index contributed by atoms with van der Waals surface area (Å²) in [4.78, 5) is 37.0. The zero-order valence-electron chi connectivity index (χ0n) is 38.2. The number of hydrogen-bond donors (Lipinski definition) is 1. The van der Waals surface area contributed by atoms with E-state index >= 15 is 0 Å². The van der Waals surface area contributed by atoms with Crippen molar-refractivity contribution in [3.63, 3.8) is 0 Å². The molecule has 0 aliphatic rings. The van der Waals surface area contributed by atoms with Crippen LogP contribution in [-0.4, -0.2) is 80.6 Å². The standard InChI is InChI=1S/C51H85NO7/c1-6-8-10-12-14-16-18-20-22-23-24-25-26-27-28-30-32-34-36-38-40-42-50(54)59-47(45-57-44-43-48(51(55)56)52(3,4)5)46-58-49(53)41-39-37-35-33-31-29-21-19-17-15-13-11-9-7-2/h9,11,14-17,20-22,24-25,27-29,47-48H,6-8,10,12-13,18-19,23,26,30-46H2,1-5H3/p+1/b11-9+,16-14+,17-15+,22-20+,25-24+,28-27+,29-21+. The number of nitrogens with zero attached hydrogens (tertiary/aromatic N) is 1. The minimum atomic E-state index is -0.885. The van der Waals surface area contributed by atoms with Gasteiger partial charge in [-0.2, -0.15) is 0 Å². The van der Waals surface area contributed by atoms with Gasteiger partial charge in [-0.25, -0.2) is 4.79 Å². The van der Waals surface area contributed by atoms with Crippen LogP contribution in [0.3, 0.4) is 0 Å². The van der Waals surface area contributed by atoms with Crippen LogP contribution >= 0.6 is 0 Å². The van der Waals surface area contributed by atoms with E-state index in [2.05, 4.69) is 98.9 Å². The molecule has 336 valence electrons. The number of carbonyl (C=O) groups is 3. The van der Waals surface area contributed by atoms with E-state index < -0.39 is 18.1 Å². The van der Waals surface area contributed by atoms with Crippen molar-refractivity contribution in [1.29, 1.82) is 0 Å². The molecule has 0 saturated carbocycles. The van der Waals surface area contributed by atoms with Gasteiger partial charge in [-0.3, -0.25) is 9.59 Å². The average Bonchev–Trinajstić information content (AvgIpc) is 3.19. The summed E-state index contributed by atoms with van der Waals surface area (Å²) in [6.45, 7) is 4.53. The van der Waals surface area contributed by atoms with Gasteiger partial charge in [0.1, 0.15) is 6.61 Å². The Labute approximate surface area is 361 Å². The van der Waals surface area contributed by atoms with Crippen LogP contribution in [0.2, 0.25) is 0 Å². The summed E-state index contributed by atoms with van der Waals surface area (Å²) in [6, 6.07) is -0.626. The molecular weight excluding hydrogens is 739 g/mol. The van der Waals surface area contributed by atoms with Gasteiger partial charge in [0.25, 0.3) is 0 Å². The molecule has 2 atom stereocenters. The van der Waals surface area contributed by atoms with Gasteiger partial charge in [0, 0.05) is 19.3 Å². The first-order valence-corrected chi connectivity index (χ1v) is 23.1. The molecule has 2 unspecified atom stereocenters. The number of esters is 2. The van der Waals surface area contributed by atoms with Crippen LogP contribution in [0.25, 0.3) is 0 Å². The van der Waals surface area contributed by atoms with Crippen molar-refractivity contribution >= 4 is 17.9 Å². The van der Waals surface area contributed by atoms with E-state index in [9.17, 15) is 19.5 Å². The lowest BCUT2D eigenvalue weighted by Gasteiger charge is -2.31. The van der Waals surface area contributed by atoms with Crippen molar-refractivity contribution in [2.45, 2.75) is 180 Å². The summed E-state index contributed by atoms with van der Waals surface area (Å²) in [5.74, 6) is -1.53. The van der Waals surface area contributed by atoms with Crippen LogP contribution in [-0.2, 0) is 28.6 Å². The van der Waals surface area contributed by atoms with Crippen LogP contribution in [0.4, 0.5) is 0 Å². The molecule has 0 aliphatic heterocycles. The number of allylic oxidation sites excluding steroid dienone is 14. The van der Waals surface area contributed by atoms with Crippen LogP contribution in [0, 0.1) is 0 Å². The van der Waals surface area contributed by atoms with Crippen molar-refractivity contribution in [3.8, 4) is 0 Å². The highest BCUT2D eigenvalue weighted by Gasteiger charge is 2.31. The number of ether oxygens (including phenoxy) is 3. The topological polar surface area (TPSA) is 99.1 Å². The highest BCUT2D eigenvalue weighted by atomic mass is 16.6. The average molecular weight is 825 g/mol. The van der Waals surface area contributed by atoms with E-state index in [0.717, 1.165) is 109 Å². The summed E-state index contributed by atoms with van der Waals surface area (Å²) in [6.07, 6.45) is 53.4. The molecule has 8 nitrogen and oxygen atoms in total.